The number of ether oxygens (including phenoxy) is 1. The Morgan fingerprint density at radius 3 is 2.24 bits per heavy atom. The number of aliphatic imine (C=N–C) groups is 1. The molecule has 2 rings (SSSR count). The van der Waals surface area contributed by atoms with Gasteiger partial charge < -0.3 is 4.74 Å². The highest BCUT2D eigenvalue weighted by Crippen LogP contribution is 2.21. The highest BCUT2D eigenvalue weighted by molar-refractivity contribution is 7.78. The van der Waals surface area contributed by atoms with Crippen molar-refractivity contribution in [3.05, 3.63) is 54.6 Å². The van der Waals surface area contributed by atoms with Crippen molar-refractivity contribution >= 4 is 17.4 Å². The average molecular weight is 241 g/mol. The van der Waals surface area contributed by atoms with Crippen LogP contribution >= 0.6 is 12.2 Å². The molecule has 0 spiro atoms. The van der Waals surface area contributed by atoms with Gasteiger partial charge in [0.1, 0.15) is 5.75 Å². The van der Waals surface area contributed by atoms with Gasteiger partial charge >= 0.3 is 0 Å². The van der Waals surface area contributed by atoms with E-state index in [1.54, 1.807) is 0 Å². The number of isothiocyanates is 1. The van der Waals surface area contributed by atoms with Gasteiger partial charge in [-0.25, -0.2) is 0 Å². The van der Waals surface area contributed by atoms with Crippen molar-refractivity contribution in [3.8, 4) is 16.9 Å². The molecule has 2 aromatic carbocycles. The Morgan fingerprint density at radius 1 is 0.941 bits per heavy atom. The lowest BCUT2D eigenvalue weighted by atomic mass is 10.1. The summed E-state index contributed by atoms with van der Waals surface area (Å²) in [6.45, 7) is 0.216. The van der Waals surface area contributed by atoms with Gasteiger partial charge in [-0.05, 0) is 35.5 Å². The van der Waals surface area contributed by atoms with Crippen LogP contribution in [0.1, 0.15) is 0 Å². The Balaban J connectivity index is 2.10. The molecule has 17 heavy (non-hydrogen) atoms. The normalized spacial score (nSPS) is 9.41. The van der Waals surface area contributed by atoms with Crippen molar-refractivity contribution in [2.75, 3.05) is 6.73 Å². The summed E-state index contributed by atoms with van der Waals surface area (Å²) in [5.74, 6) is 0.777. The van der Waals surface area contributed by atoms with Crippen LogP contribution in [0.15, 0.2) is 59.6 Å². The number of thiocarbonyl (C=S) groups is 1. The molecule has 0 bridgehead atoms. The zero-order chi connectivity index (χ0) is 11.9. The molecular formula is C14H11NOS. The first-order valence-corrected chi connectivity index (χ1v) is 5.63. The highest BCUT2D eigenvalue weighted by Gasteiger charge is 1.97. The van der Waals surface area contributed by atoms with Crippen LogP contribution in [0.2, 0.25) is 0 Å². The molecule has 0 N–H and O–H groups in total. The van der Waals surface area contributed by atoms with Crippen molar-refractivity contribution in [1.82, 2.24) is 0 Å². The maximum atomic E-state index is 5.34. The predicted octanol–water partition coefficient (Wildman–Crippen LogP) is 3.79. The molecule has 2 aromatic rings. The summed E-state index contributed by atoms with van der Waals surface area (Å²) >= 11 is 4.46. The Kier molecular flexibility index (Phi) is 4.03. The van der Waals surface area contributed by atoms with E-state index in [2.05, 4.69) is 34.5 Å². The molecule has 0 heterocycles. The van der Waals surface area contributed by atoms with E-state index in [4.69, 9.17) is 4.74 Å². The van der Waals surface area contributed by atoms with Gasteiger partial charge in [0, 0.05) is 0 Å². The molecule has 2 nitrogen and oxygen atoms in total. The predicted molar refractivity (Wildman–Crippen MR) is 72.4 cm³/mol. The number of nitrogens with zero attached hydrogens (tertiary/aromatic N) is 1. The Morgan fingerprint density at radius 2 is 1.59 bits per heavy atom. The van der Waals surface area contributed by atoms with E-state index in [1.807, 2.05) is 42.5 Å². The molecule has 3 heteroatoms. The van der Waals surface area contributed by atoms with E-state index < -0.39 is 0 Å². The third-order valence-electron chi connectivity index (χ3n) is 2.32. The summed E-state index contributed by atoms with van der Waals surface area (Å²) < 4.78 is 5.34. The van der Waals surface area contributed by atoms with Crippen molar-refractivity contribution in [1.29, 1.82) is 0 Å². The van der Waals surface area contributed by atoms with Crippen molar-refractivity contribution in [2.24, 2.45) is 4.99 Å². The summed E-state index contributed by atoms with van der Waals surface area (Å²) in [7, 11) is 0. The topological polar surface area (TPSA) is 21.6 Å². The Labute approximate surface area is 106 Å². The summed E-state index contributed by atoms with van der Waals surface area (Å²) in [5.41, 5.74) is 2.35. The fraction of sp³-hybridized carbons (Fsp3) is 0.0714. The van der Waals surface area contributed by atoms with Gasteiger partial charge in [-0.15, -0.1) is 0 Å². The molecule has 0 aromatic heterocycles. The van der Waals surface area contributed by atoms with Crippen molar-refractivity contribution < 1.29 is 4.74 Å². The monoisotopic (exact) mass is 241 g/mol. The van der Waals surface area contributed by atoms with Crippen LogP contribution in [0.5, 0.6) is 5.75 Å². The van der Waals surface area contributed by atoms with Crippen LogP contribution in [0.4, 0.5) is 0 Å². The van der Waals surface area contributed by atoms with Crippen LogP contribution in [0.25, 0.3) is 11.1 Å². The van der Waals surface area contributed by atoms with E-state index in [0.717, 1.165) is 11.3 Å². The molecule has 0 aliphatic heterocycles. The molecule has 0 amide bonds. The first-order chi connectivity index (χ1) is 8.40. The summed E-state index contributed by atoms with van der Waals surface area (Å²) in [4.78, 5) is 3.69. The fourth-order valence-electron chi connectivity index (χ4n) is 1.51. The van der Waals surface area contributed by atoms with E-state index >= 15 is 0 Å². The first kappa shape index (κ1) is 11.5. The second-order valence-corrected chi connectivity index (χ2v) is 3.60. The highest BCUT2D eigenvalue weighted by atomic mass is 32.1. The smallest absolute Gasteiger partial charge is 0.188 e. The van der Waals surface area contributed by atoms with Gasteiger partial charge in [0.25, 0.3) is 0 Å². The van der Waals surface area contributed by atoms with Gasteiger partial charge in [0.15, 0.2) is 6.73 Å². The van der Waals surface area contributed by atoms with Gasteiger partial charge in [-0.2, -0.15) is 4.99 Å². The molecule has 0 saturated carbocycles. The van der Waals surface area contributed by atoms with E-state index in [1.165, 1.54) is 5.56 Å². The number of hydrogen-bond donors (Lipinski definition) is 0. The van der Waals surface area contributed by atoms with Crippen LogP contribution in [-0.2, 0) is 0 Å². The lowest BCUT2D eigenvalue weighted by Crippen LogP contribution is -1.92. The number of benzene rings is 2. The standard InChI is InChI=1S/C14H11NOS/c17-11-15-10-16-14-8-6-13(7-9-14)12-4-2-1-3-5-12/h1-9H,10H2. The Hall–Kier alpha value is -1.96. The lowest BCUT2D eigenvalue weighted by molar-refractivity contribution is 0.332. The molecule has 0 fully saturated rings. The van der Waals surface area contributed by atoms with E-state index in [-0.39, 0.29) is 6.73 Å². The molecule has 0 atom stereocenters. The lowest BCUT2D eigenvalue weighted by Gasteiger charge is -2.04. The number of rotatable bonds is 4. The average Bonchev–Trinajstić information content (AvgIpc) is 2.41. The van der Waals surface area contributed by atoms with Crippen LogP contribution < -0.4 is 4.74 Å². The van der Waals surface area contributed by atoms with Crippen LogP contribution in [-0.4, -0.2) is 11.9 Å². The quantitative estimate of drug-likeness (QED) is 0.600. The minimum Gasteiger partial charge on any atom is -0.471 e. The van der Waals surface area contributed by atoms with Crippen molar-refractivity contribution in [3.63, 3.8) is 0 Å². The first-order valence-electron chi connectivity index (χ1n) is 5.22. The van der Waals surface area contributed by atoms with Gasteiger partial charge in [-0.3, -0.25) is 0 Å². The molecule has 0 saturated heterocycles. The molecule has 0 radical (unpaired) electrons. The summed E-state index contributed by atoms with van der Waals surface area (Å²) in [6.07, 6.45) is 0. The largest absolute Gasteiger partial charge is 0.471 e. The van der Waals surface area contributed by atoms with E-state index in [0.29, 0.717) is 0 Å². The minimum atomic E-state index is 0.216. The second-order valence-electron chi connectivity index (χ2n) is 3.41. The minimum absolute atomic E-state index is 0.216. The molecule has 0 aliphatic carbocycles. The van der Waals surface area contributed by atoms with Crippen molar-refractivity contribution in [2.45, 2.75) is 0 Å². The fourth-order valence-corrected chi connectivity index (χ4v) is 1.56. The van der Waals surface area contributed by atoms with Crippen LogP contribution in [0.3, 0.4) is 0 Å². The molecule has 84 valence electrons. The third-order valence-corrected chi connectivity index (χ3v) is 2.45. The maximum Gasteiger partial charge on any atom is 0.188 e. The SMILES string of the molecule is S=C=NCOc1ccc(-c2ccccc2)cc1. The molecular weight excluding hydrogens is 230 g/mol. The number of hydrogen-bond acceptors (Lipinski definition) is 3. The zero-order valence-electron chi connectivity index (χ0n) is 9.17. The van der Waals surface area contributed by atoms with E-state index in [9.17, 15) is 0 Å². The summed E-state index contributed by atoms with van der Waals surface area (Å²) in [5, 5.41) is 2.26. The third kappa shape index (κ3) is 3.25. The summed E-state index contributed by atoms with van der Waals surface area (Å²) in [6, 6.07) is 18.1. The Bertz CT molecular complexity index is 516. The van der Waals surface area contributed by atoms with Gasteiger partial charge in [0.05, 0.1) is 5.16 Å². The molecule has 0 aliphatic rings. The van der Waals surface area contributed by atoms with Gasteiger partial charge in [-0.1, -0.05) is 42.5 Å². The zero-order valence-corrected chi connectivity index (χ0v) is 9.98. The molecule has 0 unspecified atom stereocenters. The second kappa shape index (κ2) is 5.94. The van der Waals surface area contributed by atoms with Gasteiger partial charge in [0.2, 0.25) is 0 Å². The van der Waals surface area contributed by atoms with Crippen LogP contribution in [0, 0.1) is 0 Å². The maximum absolute atomic E-state index is 5.34.